The van der Waals surface area contributed by atoms with Gasteiger partial charge in [-0.1, -0.05) is 25.7 Å². The van der Waals surface area contributed by atoms with Gasteiger partial charge < -0.3 is 15.7 Å². The molecule has 0 aliphatic heterocycles. The zero-order chi connectivity index (χ0) is 19.9. The van der Waals surface area contributed by atoms with Gasteiger partial charge in [0.1, 0.15) is 11.4 Å². The predicted octanol–water partition coefficient (Wildman–Crippen LogP) is 3.18. The number of hydrogen-bond acceptors (Lipinski definition) is 4. The standard InChI is InChI=1S/C19H25FN2O4S/c1-13(27-12-16(23)21-15-8-6-14(20)7-9-15)17(24)22-19(18(25)26)10-4-2-3-5-11-19/h6-9,13H,2-5,10-12H2,1H3,(H,21,23)(H,22,24)(H,25,26). The summed E-state index contributed by atoms with van der Waals surface area (Å²) >= 11 is 1.13. The van der Waals surface area contributed by atoms with E-state index in [1.54, 1.807) is 6.92 Å². The van der Waals surface area contributed by atoms with E-state index >= 15 is 0 Å². The van der Waals surface area contributed by atoms with Crippen LogP contribution in [0.25, 0.3) is 0 Å². The van der Waals surface area contributed by atoms with Crippen molar-refractivity contribution in [1.29, 1.82) is 0 Å². The summed E-state index contributed by atoms with van der Waals surface area (Å²) in [5.41, 5.74) is -0.735. The van der Waals surface area contributed by atoms with Crippen molar-refractivity contribution >= 4 is 35.2 Å². The molecule has 6 nitrogen and oxygen atoms in total. The molecule has 1 atom stereocenters. The number of hydrogen-bond donors (Lipinski definition) is 3. The Bertz CT molecular complexity index is 673. The molecule has 3 N–H and O–H groups in total. The van der Waals surface area contributed by atoms with Crippen LogP contribution in [0.2, 0.25) is 0 Å². The van der Waals surface area contributed by atoms with E-state index < -0.39 is 22.6 Å². The monoisotopic (exact) mass is 396 g/mol. The predicted molar refractivity (Wildman–Crippen MR) is 103 cm³/mol. The minimum Gasteiger partial charge on any atom is -0.480 e. The lowest BCUT2D eigenvalue weighted by Gasteiger charge is -2.30. The van der Waals surface area contributed by atoms with Gasteiger partial charge in [-0.25, -0.2) is 9.18 Å². The molecule has 2 rings (SSSR count). The molecule has 1 aromatic rings. The number of carboxylic acids is 1. The SMILES string of the molecule is CC(SCC(=O)Nc1ccc(F)cc1)C(=O)NC1(C(=O)O)CCCCCC1. The van der Waals surface area contributed by atoms with Crippen molar-refractivity contribution in [2.75, 3.05) is 11.1 Å². The van der Waals surface area contributed by atoms with Gasteiger partial charge >= 0.3 is 5.97 Å². The van der Waals surface area contributed by atoms with Crippen molar-refractivity contribution in [3.8, 4) is 0 Å². The second kappa shape index (κ2) is 9.73. The van der Waals surface area contributed by atoms with Crippen molar-refractivity contribution < 1.29 is 23.9 Å². The number of nitrogens with one attached hydrogen (secondary N) is 2. The fourth-order valence-corrected chi connectivity index (χ4v) is 3.75. The maximum absolute atomic E-state index is 12.9. The summed E-state index contributed by atoms with van der Waals surface area (Å²) in [6.07, 6.45) is 4.34. The van der Waals surface area contributed by atoms with E-state index in [0.29, 0.717) is 18.5 Å². The number of rotatable bonds is 7. The second-order valence-corrected chi connectivity index (χ2v) is 8.13. The normalized spacial score (nSPS) is 17.4. The molecule has 1 unspecified atom stereocenters. The van der Waals surface area contributed by atoms with Gasteiger partial charge in [-0.15, -0.1) is 11.8 Å². The summed E-state index contributed by atoms with van der Waals surface area (Å²) in [5.74, 6) is -2.04. The zero-order valence-corrected chi connectivity index (χ0v) is 16.1. The van der Waals surface area contributed by atoms with Crippen LogP contribution in [-0.2, 0) is 14.4 Å². The van der Waals surface area contributed by atoms with Crippen molar-refractivity contribution in [1.82, 2.24) is 5.32 Å². The molecule has 2 amide bonds. The van der Waals surface area contributed by atoms with Crippen LogP contribution in [0.15, 0.2) is 24.3 Å². The van der Waals surface area contributed by atoms with Gasteiger partial charge in [-0.2, -0.15) is 0 Å². The molecule has 1 aromatic carbocycles. The molecule has 8 heteroatoms. The van der Waals surface area contributed by atoms with E-state index in [9.17, 15) is 23.9 Å². The first-order valence-corrected chi connectivity index (χ1v) is 10.1. The van der Waals surface area contributed by atoms with E-state index in [1.165, 1.54) is 24.3 Å². The summed E-state index contributed by atoms with van der Waals surface area (Å²) < 4.78 is 12.9. The van der Waals surface area contributed by atoms with Crippen LogP contribution in [0, 0.1) is 5.82 Å². The molecule has 1 aliphatic carbocycles. The molecular weight excluding hydrogens is 371 g/mol. The van der Waals surface area contributed by atoms with E-state index in [1.807, 2.05) is 0 Å². The third kappa shape index (κ3) is 6.23. The number of halogens is 1. The van der Waals surface area contributed by atoms with Crippen molar-refractivity contribution in [3.63, 3.8) is 0 Å². The number of thioether (sulfide) groups is 1. The third-order valence-corrected chi connectivity index (χ3v) is 5.83. The van der Waals surface area contributed by atoms with Crippen LogP contribution >= 0.6 is 11.8 Å². The number of amides is 2. The molecule has 0 saturated heterocycles. The molecule has 0 spiro atoms. The number of aliphatic carboxylic acids is 1. The lowest BCUT2D eigenvalue weighted by molar-refractivity contribution is -0.148. The lowest BCUT2D eigenvalue weighted by atomic mass is 9.90. The quantitative estimate of drug-likeness (QED) is 0.615. The van der Waals surface area contributed by atoms with Gasteiger partial charge in [0.25, 0.3) is 0 Å². The fourth-order valence-electron chi connectivity index (χ4n) is 3.07. The van der Waals surface area contributed by atoms with Gasteiger partial charge in [-0.3, -0.25) is 9.59 Å². The smallest absolute Gasteiger partial charge is 0.329 e. The highest BCUT2D eigenvalue weighted by Gasteiger charge is 2.40. The lowest BCUT2D eigenvalue weighted by Crippen LogP contribution is -2.56. The van der Waals surface area contributed by atoms with Crippen LogP contribution in [0.4, 0.5) is 10.1 Å². The summed E-state index contributed by atoms with van der Waals surface area (Å²) in [4.78, 5) is 36.2. The third-order valence-electron chi connectivity index (χ3n) is 4.69. The topological polar surface area (TPSA) is 95.5 Å². The van der Waals surface area contributed by atoms with Gasteiger partial charge in [0.15, 0.2) is 0 Å². The van der Waals surface area contributed by atoms with Crippen LogP contribution < -0.4 is 10.6 Å². The first kappa shape index (κ1) is 21.2. The van der Waals surface area contributed by atoms with Crippen molar-refractivity contribution in [3.05, 3.63) is 30.1 Å². The zero-order valence-electron chi connectivity index (χ0n) is 15.3. The first-order chi connectivity index (χ1) is 12.8. The molecule has 27 heavy (non-hydrogen) atoms. The molecule has 1 saturated carbocycles. The van der Waals surface area contributed by atoms with E-state index in [0.717, 1.165) is 37.4 Å². The largest absolute Gasteiger partial charge is 0.480 e. The number of anilines is 1. The number of carbonyl (C=O) groups excluding carboxylic acids is 2. The number of carboxylic acid groups (broad SMARTS) is 1. The van der Waals surface area contributed by atoms with E-state index in [4.69, 9.17) is 0 Å². The maximum Gasteiger partial charge on any atom is 0.329 e. The van der Waals surface area contributed by atoms with E-state index in [-0.39, 0.29) is 17.6 Å². The molecule has 1 aliphatic rings. The highest BCUT2D eigenvalue weighted by molar-refractivity contribution is 8.01. The summed E-state index contributed by atoms with van der Waals surface area (Å²) in [7, 11) is 0. The average molecular weight is 396 g/mol. The molecule has 1 fully saturated rings. The highest BCUT2D eigenvalue weighted by Crippen LogP contribution is 2.28. The fraction of sp³-hybridized carbons (Fsp3) is 0.526. The summed E-state index contributed by atoms with van der Waals surface area (Å²) in [6.45, 7) is 1.65. The molecular formula is C19H25FN2O4S. The summed E-state index contributed by atoms with van der Waals surface area (Å²) in [6, 6.07) is 5.40. The Balaban J connectivity index is 1.85. The second-order valence-electron chi connectivity index (χ2n) is 6.80. The van der Waals surface area contributed by atoms with Gasteiger partial charge in [0, 0.05) is 5.69 Å². The van der Waals surface area contributed by atoms with Crippen LogP contribution in [-0.4, -0.2) is 39.4 Å². The number of benzene rings is 1. The summed E-state index contributed by atoms with van der Waals surface area (Å²) in [5, 5.41) is 14.4. The van der Waals surface area contributed by atoms with Crippen LogP contribution in [0.3, 0.4) is 0 Å². The van der Waals surface area contributed by atoms with Crippen LogP contribution in [0.1, 0.15) is 45.4 Å². The average Bonchev–Trinajstić information content (AvgIpc) is 2.88. The molecule has 0 radical (unpaired) electrons. The Kier molecular flexibility index (Phi) is 7.65. The Morgan fingerprint density at radius 3 is 2.30 bits per heavy atom. The van der Waals surface area contributed by atoms with Crippen molar-refractivity contribution in [2.24, 2.45) is 0 Å². The molecule has 0 bridgehead atoms. The maximum atomic E-state index is 12.9. The molecule has 0 heterocycles. The number of carbonyl (C=O) groups is 3. The van der Waals surface area contributed by atoms with Gasteiger partial charge in [-0.05, 0) is 44.0 Å². The molecule has 0 aromatic heterocycles. The Labute approximate surface area is 162 Å². The van der Waals surface area contributed by atoms with E-state index in [2.05, 4.69) is 10.6 Å². The Morgan fingerprint density at radius 2 is 1.74 bits per heavy atom. The van der Waals surface area contributed by atoms with Gasteiger partial charge in [0.2, 0.25) is 11.8 Å². The molecule has 148 valence electrons. The Hall–Kier alpha value is -2.09. The van der Waals surface area contributed by atoms with Crippen LogP contribution in [0.5, 0.6) is 0 Å². The highest BCUT2D eigenvalue weighted by atomic mass is 32.2. The van der Waals surface area contributed by atoms with Crippen molar-refractivity contribution in [2.45, 2.75) is 56.2 Å². The Morgan fingerprint density at radius 1 is 1.15 bits per heavy atom. The minimum atomic E-state index is -1.21. The minimum absolute atomic E-state index is 0.0338. The first-order valence-electron chi connectivity index (χ1n) is 9.05. The van der Waals surface area contributed by atoms with Gasteiger partial charge in [0.05, 0.1) is 11.0 Å².